The first kappa shape index (κ1) is 14.6. The largest absolute Gasteiger partial charge is 0.350 e. The molecular formula is C15H20N6O. The molecule has 0 radical (unpaired) electrons. The van der Waals surface area contributed by atoms with Crippen molar-refractivity contribution in [3.05, 3.63) is 41.7 Å². The second-order valence-corrected chi connectivity index (χ2v) is 5.36. The number of amides is 1. The molecule has 0 fully saturated rings. The summed E-state index contributed by atoms with van der Waals surface area (Å²) in [5.74, 6) is 0.889. The Morgan fingerprint density at radius 1 is 1.32 bits per heavy atom. The van der Waals surface area contributed by atoms with Crippen LogP contribution in [-0.2, 0) is 31.0 Å². The molecule has 0 aromatic carbocycles. The lowest BCUT2D eigenvalue weighted by molar-refractivity contribution is -0.120. The third kappa shape index (κ3) is 3.48. The number of fused-ring (bicyclic) bond motifs is 1. The van der Waals surface area contributed by atoms with Crippen molar-refractivity contribution < 1.29 is 4.79 Å². The van der Waals surface area contributed by atoms with E-state index in [-0.39, 0.29) is 5.91 Å². The molecule has 22 heavy (non-hydrogen) atoms. The van der Waals surface area contributed by atoms with Gasteiger partial charge < -0.3 is 5.32 Å². The normalized spacial score (nSPS) is 14.6. The second-order valence-electron chi connectivity index (χ2n) is 5.36. The summed E-state index contributed by atoms with van der Waals surface area (Å²) >= 11 is 0. The molecule has 0 unspecified atom stereocenters. The lowest BCUT2D eigenvalue weighted by atomic mass is 10.2. The van der Waals surface area contributed by atoms with Crippen molar-refractivity contribution in [3.8, 4) is 0 Å². The Balaban J connectivity index is 1.61. The van der Waals surface area contributed by atoms with Crippen molar-refractivity contribution in [3.63, 3.8) is 0 Å². The second kappa shape index (κ2) is 6.65. The molecule has 0 bridgehead atoms. The highest BCUT2D eigenvalue weighted by Gasteiger charge is 2.19. The fourth-order valence-electron chi connectivity index (χ4n) is 2.53. The quantitative estimate of drug-likeness (QED) is 0.880. The van der Waals surface area contributed by atoms with Gasteiger partial charge in [-0.15, -0.1) is 0 Å². The van der Waals surface area contributed by atoms with E-state index in [0.717, 1.165) is 37.7 Å². The molecule has 1 amide bonds. The van der Waals surface area contributed by atoms with Crippen LogP contribution in [0.1, 0.15) is 30.6 Å². The summed E-state index contributed by atoms with van der Waals surface area (Å²) in [6, 6.07) is 3.89. The number of rotatable bonds is 5. The fraction of sp³-hybridized carbons (Fsp3) is 0.467. The molecule has 2 aromatic heterocycles. The molecule has 0 spiro atoms. The van der Waals surface area contributed by atoms with Gasteiger partial charge in [0, 0.05) is 31.9 Å². The minimum absolute atomic E-state index is 0.0498. The number of hydrogen-bond acceptors (Lipinski definition) is 5. The predicted molar refractivity (Wildman–Crippen MR) is 80.5 cm³/mol. The van der Waals surface area contributed by atoms with Gasteiger partial charge in [-0.3, -0.25) is 14.4 Å². The number of carbonyl (C=O) groups is 1. The summed E-state index contributed by atoms with van der Waals surface area (Å²) in [7, 11) is 0. The predicted octanol–water partition coefficient (Wildman–Crippen LogP) is 0.715. The lowest BCUT2D eigenvalue weighted by Crippen LogP contribution is -2.33. The van der Waals surface area contributed by atoms with Gasteiger partial charge in [0.25, 0.3) is 0 Å². The first-order chi connectivity index (χ1) is 10.7. The monoisotopic (exact) mass is 300 g/mol. The van der Waals surface area contributed by atoms with E-state index in [2.05, 4.69) is 31.3 Å². The number of nitrogens with one attached hydrogen (secondary N) is 1. The maximum absolute atomic E-state index is 11.3. The Bertz CT molecular complexity index is 639. The van der Waals surface area contributed by atoms with Gasteiger partial charge in [0.15, 0.2) is 0 Å². The molecule has 116 valence electrons. The number of carbonyl (C=O) groups excluding carboxylic acids is 1. The average molecular weight is 300 g/mol. The van der Waals surface area contributed by atoms with E-state index in [0.29, 0.717) is 13.0 Å². The SMILES string of the molecule is CCC(=O)NCc1cc2n(n1)CCN(Cc1ncccn1)C2. The Hall–Kier alpha value is -2.28. The molecule has 0 atom stereocenters. The molecular weight excluding hydrogens is 280 g/mol. The minimum atomic E-state index is 0.0498. The average Bonchev–Trinajstić information content (AvgIpc) is 2.95. The number of hydrogen-bond donors (Lipinski definition) is 1. The summed E-state index contributed by atoms with van der Waals surface area (Å²) in [5, 5.41) is 7.40. The fourth-order valence-corrected chi connectivity index (χ4v) is 2.53. The summed E-state index contributed by atoms with van der Waals surface area (Å²) in [5.41, 5.74) is 2.08. The first-order valence-corrected chi connectivity index (χ1v) is 7.55. The molecule has 7 nitrogen and oxygen atoms in total. The van der Waals surface area contributed by atoms with Crippen LogP contribution in [0.15, 0.2) is 24.5 Å². The summed E-state index contributed by atoms with van der Waals surface area (Å²) in [6.07, 6.45) is 4.04. The number of nitrogens with zero attached hydrogens (tertiary/aromatic N) is 5. The van der Waals surface area contributed by atoms with Crippen molar-refractivity contribution in [2.75, 3.05) is 6.54 Å². The van der Waals surface area contributed by atoms with Crippen molar-refractivity contribution >= 4 is 5.91 Å². The highest BCUT2D eigenvalue weighted by atomic mass is 16.1. The van der Waals surface area contributed by atoms with Gasteiger partial charge >= 0.3 is 0 Å². The highest BCUT2D eigenvalue weighted by molar-refractivity contribution is 5.75. The van der Waals surface area contributed by atoms with Crippen molar-refractivity contribution in [1.29, 1.82) is 0 Å². The topological polar surface area (TPSA) is 75.9 Å². The van der Waals surface area contributed by atoms with Crippen LogP contribution in [0.4, 0.5) is 0 Å². The molecule has 7 heteroatoms. The van der Waals surface area contributed by atoms with Crippen LogP contribution in [-0.4, -0.2) is 37.1 Å². The molecule has 0 aliphatic carbocycles. The Morgan fingerprint density at radius 2 is 2.14 bits per heavy atom. The minimum Gasteiger partial charge on any atom is -0.350 e. The third-order valence-electron chi connectivity index (χ3n) is 3.70. The van der Waals surface area contributed by atoms with E-state index in [9.17, 15) is 4.79 Å². The maximum Gasteiger partial charge on any atom is 0.220 e. The molecule has 1 aliphatic heterocycles. The maximum atomic E-state index is 11.3. The molecule has 0 saturated carbocycles. The number of aromatic nitrogens is 4. The zero-order valence-corrected chi connectivity index (χ0v) is 12.7. The zero-order valence-electron chi connectivity index (χ0n) is 12.7. The summed E-state index contributed by atoms with van der Waals surface area (Å²) in [4.78, 5) is 22.2. The lowest BCUT2D eigenvalue weighted by Gasteiger charge is -2.26. The van der Waals surface area contributed by atoms with Crippen molar-refractivity contribution in [2.45, 2.75) is 39.5 Å². The summed E-state index contributed by atoms with van der Waals surface area (Å²) < 4.78 is 2.02. The van der Waals surface area contributed by atoms with Gasteiger partial charge in [0.1, 0.15) is 5.82 Å². The van der Waals surface area contributed by atoms with Crippen molar-refractivity contribution in [2.24, 2.45) is 0 Å². The molecule has 3 rings (SSSR count). The third-order valence-corrected chi connectivity index (χ3v) is 3.70. The van der Waals surface area contributed by atoms with E-state index in [1.165, 1.54) is 5.69 Å². The standard InChI is InChI=1S/C15H20N6O/c1-2-15(22)18-9-12-8-13-10-20(6-7-21(13)19-12)11-14-16-4-3-5-17-14/h3-5,8H,2,6-7,9-11H2,1H3,(H,18,22). The smallest absolute Gasteiger partial charge is 0.220 e. The van der Waals surface area contributed by atoms with E-state index in [1.807, 2.05) is 17.7 Å². The first-order valence-electron chi connectivity index (χ1n) is 7.55. The van der Waals surface area contributed by atoms with Crippen LogP contribution >= 0.6 is 0 Å². The Kier molecular flexibility index (Phi) is 4.43. The van der Waals surface area contributed by atoms with Gasteiger partial charge in [0.2, 0.25) is 5.91 Å². The van der Waals surface area contributed by atoms with Crippen LogP contribution in [0, 0.1) is 0 Å². The van der Waals surface area contributed by atoms with Gasteiger partial charge in [-0.05, 0) is 12.1 Å². The molecule has 2 aromatic rings. The molecule has 3 heterocycles. The van der Waals surface area contributed by atoms with Crippen molar-refractivity contribution in [1.82, 2.24) is 30.0 Å². The molecule has 1 aliphatic rings. The highest BCUT2D eigenvalue weighted by Crippen LogP contribution is 2.15. The van der Waals surface area contributed by atoms with Gasteiger partial charge in [-0.2, -0.15) is 5.10 Å². The van der Waals surface area contributed by atoms with Crippen LogP contribution in [0.2, 0.25) is 0 Å². The van der Waals surface area contributed by atoms with Crippen LogP contribution in [0.25, 0.3) is 0 Å². The van der Waals surface area contributed by atoms with E-state index < -0.39 is 0 Å². The van der Waals surface area contributed by atoms with Gasteiger partial charge in [0.05, 0.1) is 31.0 Å². The van der Waals surface area contributed by atoms with Gasteiger partial charge in [-0.1, -0.05) is 6.92 Å². The van der Waals surface area contributed by atoms with Gasteiger partial charge in [-0.25, -0.2) is 9.97 Å². The molecule has 0 saturated heterocycles. The zero-order chi connectivity index (χ0) is 15.4. The summed E-state index contributed by atoms with van der Waals surface area (Å²) in [6.45, 7) is 5.68. The van der Waals surface area contributed by atoms with Crippen LogP contribution in [0.5, 0.6) is 0 Å². The molecule has 1 N–H and O–H groups in total. The van der Waals surface area contributed by atoms with Crippen LogP contribution in [0.3, 0.4) is 0 Å². The van der Waals surface area contributed by atoms with Crippen LogP contribution < -0.4 is 5.32 Å². The Morgan fingerprint density at radius 3 is 2.91 bits per heavy atom. The van der Waals surface area contributed by atoms with E-state index >= 15 is 0 Å². The van der Waals surface area contributed by atoms with E-state index in [4.69, 9.17) is 0 Å². The van der Waals surface area contributed by atoms with E-state index in [1.54, 1.807) is 12.4 Å². The Labute approximate surface area is 129 Å².